The Bertz CT molecular complexity index is 434. The average molecular weight is 322 g/mol. The molecule has 0 heterocycles. The van der Waals surface area contributed by atoms with Crippen molar-refractivity contribution in [1.29, 1.82) is 0 Å². The van der Waals surface area contributed by atoms with Crippen LogP contribution in [0.2, 0.25) is 0 Å². The molecule has 0 saturated heterocycles. The summed E-state index contributed by atoms with van der Waals surface area (Å²) in [7, 11) is 0. The van der Waals surface area contributed by atoms with E-state index in [1.54, 1.807) is 0 Å². The van der Waals surface area contributed by atoms with Crippen molar-refractivity contribution in [2.75, 3.05) is 13.2 Å². The van der Waals surface area contributed by atoms with Crippen molar-refractivity contribution in [2.24, 2.45) is 10.8 Å². The fourth-order valence-electron chi connectivity index (χ4n) is 2.91. The number of ether oxygens (including phenoxy) is 3. The van der Waals surface area contributed by atoms with E-state index in [-0.39, 0.29) is 23.2 Å². The first-order chi connectivity index (χ1) is 10.6. The molecule has 0 N–H and O–H groups in total. The third-order valence-corrected chi connectivity index (χ3v) is 3.93. The third-order valence-electron chi connectivity index (χ3n) is 3.93. The van der Waals surface area contributed by atoms with Crippen LogP contribution in [0.5, 0.6) is 5.75 Å². The molecule has 0 amide bonds. The maximum Gasteiger partial charge on any atom is 0.155 e. The Morgan fingerprint density at radius 2 is 1.52 bits per heavy atom. The van der Waals surface area contributed by atoms with E-state index in [9.17, 15) is 0 Å². The fourth-order valence-corrected chi connectivity index (χ4v) is 2.91. The van der Waals surface area contributed by atoms with Gasteiger partial charge in [-0.25, -0.2) is 0 Å². The Morgan fingerprint density at radius 1 is 0.913 bits per heavy atom. The fraction of sp³-hybridized carbons (Fsp3) is 0.700. The smallest absolute Gasteiger partial charge is 0.155 e. The van der Waals surface area contributed by atoms with Crippen molar-refractivity contribution in [3.05, 3.63) is 30.3 Å². The molecule has 0 aromatic heterocycles. The van der Waals surface area contributed by atoms with Crippen LogP contribution in [0.25, 0.3) is 0 Å². The number of hydrogen-bond donors (Lipinski definition) is 0. The molecule has 3 heteroatoms. The highest BCUT2D eigenvalue weighted by molar-refractivity contribution is 5.20. The topological polar surface area (TPSA) is 27.7 Å². The lowest BCUT2D eigenvalue weighted by Gasteiger charge is -2.38. The molecule has 0 fully saturated rings. The molecule has 1 aromatic rings. The van der Waals surface area contributed by atoms with Gasteiger partial charge in [0.2, 0.25) is 0 Å². The Kier molecular flexibility index (Phi) is 7.56. The first-order valence-corrected chi connectivity index (χ1v) is 8.55. The minimum absolute atomic E-state index is 0.108. The van der Waals surface area contributed by atoms with Crippen LogP contribution in [0.1, 0.15) is 54.9 Å². The Hall–Kier alpha value is -1.06. The lowest BCUT2D eigenvalue weighted by atomic mass is 9.73. The van der Waals surface area contributed by atoms with E-state index in [2.05, 4.69) is 41.5 Å². The Morgan fingerprint density at radius 3 is 2.09 bits per heavy atom. The van der Waals surface area contributed by atoms with E-state index in [0.717, 1.165) is 12.2 Å². The molecule has 3 nitrogen and oxygen atoms in total. The van der Waals surface area contributed by atoms with Crippen molar-refractivity contribution < 1.29 is 14.2 Å². The Balaban J connectivity index is 2.28. The highest BCUT2D eigenvalue weighted by Crippen LogP contribution is 2.37. The molecule has 1 rings (SSSR count). The van der Waals surface area contributed by atoms with Crippen molar-refractivity contribution in [2.45, 2.75) is 67.3 Å². The zero-order valence-electron chi connectivity index (χ0n) is 15.9. The van der Waals surface area contributed by atoms with Crippen LogP contribution in [-0.2, 0) is 9.47 Å². The highest BCUT2D eigenvalue weighted by atomic mass is 16.7. The van der Waals surface area contributed by atoms with E-state index >= 15 is 0 Å². The van der Waals surface area contributed by atoms with E-state index in [1.807, 2.05) is 37.3 Å². The molecule has 1 aromatic carbocycles. The Labute approximate surface area is 142 Å². The van der Waals surface area contributed by atoms with Crippen molar-refractivity contribution in [3.63, 3.8) is 0 Å². The summed E-state index contributed by atoms with van der Waals surface area (Å²) < 4.78 is 17.4. The van der Waals surface area contributed by atoms with Gasteiger partial charge in [0, 0.05) is 0 Å². The molecule has 23 heavy (non-hydrogen) atoms. The molecule has 0 spiro atoms. The molecule has 0 aliphatic rings. The van der Waals surface area contributed by atoms with Crippen molar-refractivity contribution in [3.8, 4) is 5.75 Å². The quantitative estimate of drug-likeness (QED) is 0.456. The first-order valence-electron chi connectivity index (χ1n) is 8.55. The normalized spacial score (nSPS) is 15.3. The van der Waals surface area contributed by atoms with E-state index < -0.39 is 0 Å². The highest BCUT2D eigenvalue weighted by Gasteiger charge is 2.32. The van der Waals surface area contributed by atoms with Gasteiger partial charge < -0.3 is 14.2 Å². The molecular formula is C20H34O3. The lowest BCUT2D eigenvalue weighted by molar-refractivity contribution is -0.185. The second kappa shape index (κ2) is 8.70. The number of rotatable bonds is 9. The summed E-state index contributed by atoms with van der Waals surface area (Å²) in [4.78, 5) is 0. The molecule has 0 bridgehead atoms. The molecule has 0 aliphatic carbocycles. The number of benzene rings is 1. The van der Waals surface area contributed by atoms with E-state index in [4.69, 9.17) is 14.2 Å². The van der Waals surface area contributed by atoms with Gasteiger partial charge in [-0.1, -0.05) is 52.8 Å². The van der Waals surface area contributed by atoms with Crippen LogP contribution in [0, 0.1) is 10.8 Å². The van der Waals surface area contributed by atoms with Crippen LogP contribution >= 0.6 is 0 Å². The van der Waals surface area contributed by atoms with Crippen LogP contribution in [0.4, 0.5) is 0 Å². The monoisotopic (exact) mass is 322 g/mol. The minimum Gasteiger partial charge on any atom is -0.491 e. The van der Waals surface area contributed by atoms with E-state index in [0.29, 0.717) is 13.2 Å². The summed E-state index contributed by atoms with van der Waals surface area (Å²) in [5.74, 6) is 0.865. The van der Waals surface area contributed by atoms with Gasteiger partial charge in [-0.05, 0) is 43.2 Å². The van der Waals surface area contributed by atoms with E-state index in [1.165, 1.54) is 0 Å². The third kappa shape index (κ3) is 8.38. The molecule has 0 radical (unpaired) electrons. The summed E-state index contributed by atoms with van der Waals surface area (Å²) in [5, 5.41) is 0. The number of hydrogen-bond acceptors (Lipinski definition) is 3. The summed E-state index contributed by atoms with van der Waals surface area (Å²) in [6, 6.07) is 9.77. The van der Waals surface area contributed by atoms with Gasteiger partial charge in [-0.2, -0.15) is 0 Å². The van der Waals surface area contributed by atoms with Gasteiger partial charge in [0.1, 0.15) is 12.4 Å². The van der Waals surface area contributed by atoms with Crippen LogP contribution in [0.15, 0.2) is 30.3 Å². The minimum atomic E-state index is -0.233. The van der Waals surface area contributed by atoms with Gasteiger partial charge in [0.15, 0.2) is 6.29 Å². The second-order valence-electron chi connectivity index (χ2n) is 8.10. The van der Waals surface area contributed by atoms with Crippen LogP contribution in [0.3, 0.4) is 0 Å². The predicted molar refractivity (Wildman–Crippen MR) is 95.8 cm³/mol. The standard InChI is InChI=1S/C20H34O3/c1-16(20(6,7)15-19(3,4)5)23-17(2)21-13-14-22-18-11-9-8-10-12-18/h8-12,16-17H,13-15H2,1-7H3. The summed E-state index contributed by atoms with van der Waals surface area (Å²) in [6.07, 6.45) is 1.00. The van der Waals surface area contributed by atoms with Gasteiger partial charge in [-0.15, -0.1) is 0 Å². The average Bonchev–Trinajstić information content (AvgIpc) is 2.42. The predicted octanol–water partition coefficient (Wildman–Crippen LogP) is 5.30. The summed E-state index contributed by atoms with van der Waals surface area (Å²) >= 11 is 0. The zero-order valence-corrected chi connectivity index (χ0v) is 15.9. The zero-order chi connectivity index (χ0) is 17.5. The van der Waals surface area contributed by atoms with Crippen LogP contribution in [-0.4, -0.2) is 25.6 Å². The van der Waals surface area contributed by atoms with Gasteiger partial charge in [-0.3, -0.25) is 0 Å². The van der Waals surface area contributed by atoms with Crippen molar-refractivity contribution >= 4 is 0 Å². The molecule has 2 atom stereocenters. The second-order valence-corrected chi connectivity index (χ2v) is 8.10. The lowest BCUT2D eigenvalue weighted by Crippen LogP contribution is -2.36. The molecular weight excluding hydrogens is 288 g/mol. The SMILES string of the molecule is CC(OCCOc1ccccc1)OC(C)C(C)(C)CC(C)(C)C. The first kappa shape index (κ1) is 20.0. The van der Waals surface area contributed by atoms with Gasteiger partial charge >= 0.3 is 0 Å². The number of para-hydroxylation sites is 1. The maximum atomic E-state index is 6.04. The molecule has 132 valence electrons. The summed E-state index contributed by atoms with van der Waals surface area (Å²) in [6.45, 7) is 16.4. The maximum absolute atomic E-state index is 6.04. The molecule has 0 saturated carbocycles. The molecule has 2 unspecified atom stereocenters. The van der Waals surface area contributed by atoms with Crippen LogP contribution < -0.4 is 4.74 Å². The van der Waals surface area contributed by atoms with Gasteiger partial charge in [0.05, 0.1) is 12.7 Å². The summed E-state index contributed by atoms with van der Waals surface area (Å²) in [5.41, 5.74) is 0.394. The largest absolute Gasteiger partial charge is 0.491 e. The molecule has 0 aliphatic heterocycles. The van der Waals surface area contributed by atoms with Crippen molar-refractivity contribution in [1.82, 2.24) is 0 Å². The van der Waals surface area contributed by atoms with Gasteiger partial charge in [0.25, 0.3) is 0 Å².